The lowest BCUT2D eigenvalue weighted by Crippen LogP contribution is -2.35. The minimum Gasteiger partial charge on any atom is -0.467 e. The van der Waals surface area contributed by atoms with Gasteiger partial charge in [0.2, 0.25) is 0 Å². The molecule has 0 amide bonds. The Kier molecular flexibility index (Phi) is 3.94. The van der Waals surface area contributed by atoms with E-state index in [1.54, 1.807) is 6.20 Å². The van der Waals surface area contributed by atoms with Crippen LogP contribution in [0.5, 0.6) is 0 Å². The predicted molar refractivity (Wildman–Crippen MR) is 73.8 cm³/mol. The van der Waals surface area contributed by atoms with Gasteiger partial charge in [-0.2, -0.15) is 5.10 Å². The Balaban J connectivity index is 2.36. The van der Waals surface area contributed by atoms with Crippen LogP contribution in [0, 0.1) is 5.92 Å². The molecule has 2 aromatic rings. The van der Waals surface area contributed by atoms with E-state index in [9.17, 15) is 4.79 Å². The molecule has 0 spiro atoms. The number of rotatable bonds is 4. The highest BCUT2D eigenvalue weighted by atomic mass is 16.5. The first-order chi connectivity index (χ1) is 9.13. The van der Waals surface area contributed by atoms with Crippen molar-refractivity contribution < 1.29 is 9.53 Å². The SMILES string of the molecule is COC(=O)C(Nc1nncc2ccccc12)C(C)C. The van der Waals surface area contributed by atoms with Crippen molar-refractivity contribution in [1.82, 2.24) is 10.2 Å². The minimum absolute atomic E-state index is 0.0909. The quantitative estimate of drug-likeness (QED) is 0.853. The zero-order valence-electron chi connectivity index (χ0n) is 11.3. The van der Waals surface area contributed by atoms with E-state index in [2.05, 4.69) is 15.5 Å². The van der Waals surface area contributed by atoms with Gasteiger partial charge in [-0.05, 0) is 5.92 Å². The molecule has 1 heterocycles. The molecule has 0 aliphatic carbocycles. The fraction of sp³-hybridized carbons (Fsp3) is 0.357. The van der Waals surface area contributed by atoms with Gasteiger partial charge in [0.1, 0.15) is 6.04 Å². The molecule has 1 aromatic carbocycles. The molecule has 0 saturated carbocycles. The van der Waals surface area contributed by atoms with Gasteiger partial charge in [0.15, 0.2) is 5.82 Å². The van der Waals surface area contributed by atoms with Gasteiger partial charge in [-0.25, -0.2) is 4.79 Å². The number of aromatic nitrogens is 2. The van der Waals surface area contributed by atoms with Gasteiger partial charge in [-0.3, -0.25) is 0 Å². The lowest BCUT2D eigenvalue weighted by Gasteiger charge is -2.20. The first kappa shape index (κ1) is 13.3. The van der Waals surface area contributed by atoms with Crippen LogP contribution < -0.4 is 5.32 Å². The summed E-state index contributed by atoms with van der Waals surface area (Å²) in [7, 11) is 1.38. The van der Waals surface area contributed by atoms with Crippen LogP contribution in [0.25, 0.3) is 10.8 Å². The Bertz CT molecular complexity index is 578. The van der Waals surface area contributed by atoms with E-state index in [0.29, 0.717) is 5.82 Å². The predicted octanol–water partition coefficient (Wildman–Crippen LogP) is 2.24. The molecule has 5 heteroatoms. The molecule has 0 fully saturated rings. The Morgan fingerprint density at radius 2 is 2.05 bits per heavy atom. The van der Waals surface area contributed by atoms with Crippen LogP contribution in [0.2, 0.25) is 0 Å². The summed E-state index contributed by atoms with van der Waals surface area (Å²) in [5.74, 6) is 0.389. The summed E-state index contributed by atoms with van der Waals surface area (Å²) in [6.07, 6.45) is 1.70. The molecule has 0 aliphatic heterocycles. The Morgan fingerprint density at radius 3 is 2.74 bits per heavy atom. The third kappa shape index (κ3) is 2.81. The Labute approximate surface area is 112 Å². The molecule has 1 unspecified atom stereocenters. The average molecular weight is 259 g/mol. The Hall–Kier alpha value is -2.17. The number of anilines is 1. The van der Waals surface area contributed by atoms with E-state index in [4.69, 9.17) is 4.74 Å². The number of esters is 1. The molecule has 1 aromatic heterocycles. The van der Waals surface area contributed by atoms with Crippen LogP contribution in [0.15, 0.2) is 30.5 Å². The van der Waals surface area contributed by atoms with Crippen molar-refractivity contribution in [1.29, 1.82) is 0 Å². The van der Waals surface area contributed by atoms with Crippen LogP contribution in [0.4, 0.5) is 5.82 Å². The number of nitrogens with one attached hydrogen (secondary N) is 1. The summed E-state index contributed by atoms with van der Waals surface area (Å²) in [6, 6.07) is 7.33. The molecule has 2 rings (SSSR count). The molecular formula is C14H17N3O2. The number of fused-ring (bicyclic) bond motifs is 1. The first-order valence-electron chi connectivity index (χ1n) is 6.18. The highest BCUT2D eigenvalue weighted by molar-refractivity contribution is 5.92. The molecule has 5 nitrogen and oxygen atoms in total. The fourth-order valence-electron chi connectivity index (χ4n) is 1.91. The summed E-state index contributed by atoms with van der Waals surface area (Å²) in [4.78, 5) is 11.8. The molecule has 0 radical (unpaired) electrons. The molecule has 1 N–H and O–H groups in total. The number of ether oxygens (including phenoxy) is 1. The van der Waals surface area contributed by atoms with Crippen molar-refractivity contribution in [2.24, 2.45) is 5.92 Å². The van der Waals surface area contributed by atoms with E-state index < -0.39 is 6.04 Å². The van der Waals surface area contributed by atoms with E-state index >= 15 is 0 Å². The first-order valence-corrected chi connectivity index (χ1v) is 6.18. The maximum Gasteiger partial charge on any atom is 0.328 e. The second-order valence-electron chi connectivity index (χ2n) is 4.67. The van der Waals surface area contributed by atoms with Gasteiger partial charge in [-0.1, -0.05) is 38.1 Å². The van der Waals surface area contributed by atoms with Crippen LogP contribution in [0.3, 0.4) is 0 Å². The third-order valence-corrected chi connectivity index (χ3v) is 2.98. The number of hydrogen-bond acceptors (Lipinski definition) is 5. The second kappa shape index (κ2) is 5.65. The van der Waals surface area contributed by atoms with Gasteiger partial charge >= 0.3 is 5.97 Å². The van der Waals surface area contributed by atoms with E-state index in [0.717, 1.165) is 10.8 Å². The number of hydrogen-bond donors (Lipinski definition) is 1. The van der Waals surface area contributed by atoms with Crippen LogP contribution in [-0.2, 0) is 9.53 Å². The largest absolute Gasteiger partial charge is 0.467 e. The van der Waals surface area contributed by atoms with Crippen molar-refractivity contribution in [2.45, 2.75) is 19.9 Å². The summed E-state index contributed by atoms with van der Waals surface area (Å²) in [5, 5.41) is 13.1. The van der Waals surface area contributed by atoms with Crippen molar-refractivity contribution in [3.05, 3.63) is 30.5 Å². The van der Waals surface area contributed by atoms with Gasteiger partial charge in [0, 0.05) is 10.8 Å². The Morgan fingerprint density at radius 1 is 1.32 bits per heavy atom. The number of carbonyl (C=O) groups is 1. The number of methoxy groups -OCH3 is 1. The van der Waals surface area contributed by atoms with E-state index in [1.807, 2.05) is 38.1 Å². The number of carbonyl (C=O) groups excluding carboxylic acids is 1. The number of nitrogens with zero attached hydrogens (tertiary/aromatic N) is 2. The minimum atomic E-state index is -0.440. The van der Waals surface area contributed by atoms with E-state index in [1.165, 1.54) is 7.11 Å². The van der Waals surface area contributed by atoms with Gasteiger partial charge < -0.3 is 10.1 Å². The standard InChI is InChI=1S/C14H17N3O2/c1-9(2)12(14(18)19-3)16-13-11-7-5-4-6-10(11)8-15-17-13/h4-9,12H,1-3H3,(H,16,17). The second-order valence-corrected chi connectivity index (χ2v) is 4.67. The topological polar surface area (TPSA) is 64.1 Å². The monoisotopic (exact) mass is 259 g/mol. The third-order valence-electron chi connectivity index (χ3n) is 2.98. The van der Waals surface area contributed by atoms with Crippen LogP contribution >= 0.6 is 0 Å². The molecule has 1 atom stereocenters. The van der Waals surface area contributed by atoms with Gasteiger partial charge in [0.05, 0.1) is 13.3 Å². The van der Waals surface area contributed by atoms with Crippen LogP contribution in [-0.4, -0.2) is 29.3 Å². The van der Waals surface area contributed by atoms with E-state index in [-0.39, 0.29) is 11.9 Å². The highest BCUT2D eigenvalue weighted by Gasteiger charge is 2.23. The lowest BCUT2D eigenvalue weighted by molar-refractivity contribution is -0.142. The molecule has 0 saturated heterocycles. The van der Waals surface area contributed by atoms with Crippen molar-refractivity contribution in [3.8, 4) is 0 Å². The summed E-state index contributed by atoms with van der Waals surface area (Å²) < 4.78 is 4.81. The lowest BCUT2D eigenvalue weighted by atomic mass is 10.0. The summed E-state index contributed by atoms with van der Waals surface area (Å²) in [6.45, 7) is 3.90. The highest BCUT2D eigenvalue weighted by Crippen LogP contribution is 2.21. The number of benzene rings is 1. The maximum absolute atomic E-state index is 11.8. The summed E-state index contributed by atoms with van der Waals surface area (Å²) >= 11 is 0. The molecule has 100 valence electrons. The van der Waals surface area contributed by atoms with Crippen LogP contribution in [0.1, 0.15) is 13.8 Å². The zero-order valence-corrected chi connectivity index (χ0v) is 11.3. The summed E-state index contributed by atoms with van der Waals surface area (Å²) in [5.41, 5.74) is 0. The normalized spacial score (nSPS) is 12.4. The fourth-order valence-corrected chi connectivity index (χ4v) is 1.91. The smallest absolute Gasteiger partial charge is 0.328 e. The molecule has 0 bridgehead atoms. The van der Waals surface area contributed by atoms with Crippen molar-refractivity contribution >= 4 is 22.6 Å². The van der Waals surface area contributed by atoms with Gasteiger partial charge in [-0.15, -0.1) is 5.10 Å². The molecule has 19 heavy (non-hydrogen) atoms. The maximum atomic E-state index is 11.8. The van der Waals surface area contributed by atoms with Crippen molar-refractivity contribution in [3.63, 3.8) is 0 Å². The van der Waals surface area contributed by atoms with Crippen molar-refractivity contribution in [2.75, 3.05) is 12.4 Å². The average Bonchev–Trinajstić information content (AvgIpc) is 2.43. The molecule has 0 aliphatic rings. The van der Waals surface area contributed by atoms with Gasteiger partial charge in [0.25, 0.3) is 0 Å². The zero-order chi connectivity index (χ0) is 13.8. The molecular weight excluding hydrogens is 242 g/mol.